The number of halogens is 1. The second-order valence-corrected chi connectivity index (χ2v) is 5.27. The van der Waals surface area contributed by atoms with Crippen LogP contribution in [-0.4, -0.2) is 6.54 Å². The molecule has 1 aliphatic heterocycles. The van der Waals surface area contributed by atoms with E-state index in [-0.39, 0.29) is 0 Å². The van der Waals surface area contributed by atoms with E-state index in [1.807, 2.05) is 0 Å². The highest BCUT2D eigenvalue weighted by molar-refractivity contribution is 9.10. The molecule has 13 heavy (non-hydrogen) atoms. The van der Waals surface area contributed by atoms with Crippen molar-refractivity contribution in [2.24, 2.45) is 5.41 Å². The fourth-order valence-electron chi connectivity index (χ4n) is 1.84. The van der Waals surface area contributed by atoms with Crippen LogP contribution >= 0.6 is 15.9 Å². The number of benzene rings is 1. The highest BCUT2D eigenvalue weighted by Crippen LogP contribution is 2.40. The number of hydrogen-bond donors (Lipinski definition) is 1. The van der Waals surface area contributed by atoms with Crippen molar-refractivity contribution in [2.75, 3.05) is 6.54 Å². The molecule has 1 atom stereocenters. The van der Waals surface area contributed by atoms with Crippen LogP contribution in [-0.2, 0) is 0 Å². The molecular weight excluding hydrogens is 226 g/mol. The van der Waals surface area contributed by atoms with Crippen LogP contribution < -0.4 is 5.32 Å². The van der Waals surface area contributed by atoms with Crippen LogP contribution in [0.5, 0.6) is 0 Å². The molecule has 0 amide bonds. The Bertz CT molecular complexity index is 302. The highest BCUT2D eigenvalue weighted by atomic mass is 79.9. The van der Waals surface area contributed by atoms with Gasteiger partial charge in [-0.25, -0.2) is 0 Å². The molecule has 0 spiro atoms. The van der Waals surface area contributed by atoms with Gasteiger partial charge in [-0.05, 0) is 23.1 Å². The maximum absolute atomic E-state index is 3.46. The molecule has 0 saturated carbocycles. The first-order valence-electron chi connectivity index (χ1n) is 4.58. The van der Waals surface area contributed by atoms with Gasteiger partial charge >= 0.3 is 0 Å². The normalized spacial score (nSPS) is 25.3. The minimum absolute atomic E-state index is 0.411. The summed E-state index contributed by atoms with van der Waals surface area (Å²) < 4.78 is 1.15. The molecule has 1 aliphatic rings. The van der Waals surface area contributed by atoms with Crippen LogP contribution in [0.1, 0.15) is 25.5 Å². The van der Waals surface area contributed by atoms with Crippen molar-refractivity contribution in [1.29, 1.82) is 0 Å². The molecule has 2 heteroatoms. The summed E-state index contributed by atoms with van der Waals surface area (Å²) in [6, 6.07) is 9.10. The van der Waals surface area contributed by atoms with Crippen LogP contribution in [0.2, 0.25) is 0 Å². The summed E-state index contributed by atoms with van der Waals surface area (Å²) >= 11 is 3.44. The summed E-state index contributed by atoms with van der Waals surface area (Å²) in [5.41, 5.74) is 1.80. The fourth-order valence-corrected chi connectivity index (χ4v) is 2.10. The molecule has 1 N–H and O–H groups in total. The molecule has 1 nitrogen and oxygen atoms in total. The molecule has 1 heterocycles. The quantitative estimate of drug-likeness (QED) is 0.795. The summed E-state index contributed by atoms with van der Waals surface area (Å²) in [6.45, 7) is 5.72. The Balaban J connectivity index is 2.22. The van der Waals surface area contributed by atoms with E-state index in [9.17, 15) is 0 Å². The van der Waals surface area contributed by atoms with Gasteiger partial charge in [-0.3, -0.25) is 0 Å². The third-order valence-electron chi connectivity index (χ3n) is 2.75. The van der Waals surface area contributed by atoms with Crippen LogP contribution in [0.25, 0.3) is 0 Å². The minimum Gasteiger partial charge on any atom is -0.309 e. The van der Waals surface area contributed by atoms with E-state index in [4.69, 9.17) is 0 Å². The lowest BCUT2D eigenvalue weighted by Crippen LogP contribution is -2.52. The number of hydrogen-bond acceptors (Lipinski definition) is 1. The molecule has 1 unspecified atom stereocenters. The van der Waals surface area contributed by atoms with Gasteiger partial charge in [-0.1, -0.05) is 41.9 Å². The molecule has 0 aliphatic carbocycles. The average Bonchev–Trinajstić information content (AvgIpc) is 2.07. The third-order valence-corrected chi connectivity index (χ3v) is 3.28. The zero-order valence-electron chi connectivity index (χ0n) is 7.97. The number of rotatable bonds is 1. The van der Waals surface area contributed by atoms with Gasteiger partial charge in [-0.2, -0.15) is 0 Å². The molecule has 0 bridgehead atoms. The summed E-state index contributed by atoms with van der Waals surface area (Å²) in [5, 5.41) is 3.46. The minimum atomic E-state index is 0.411. The molecule has 70 valence electrons. The lowest BCUT2D eigenvalue weighted by Gasteiger charge is -2.46. The van der Waals surface area contributed by atoms with Crippen LogP contribution in [0.3, 0.4) is 0 Å². The van der Waals surface area contributed by atoms with Gasteiger partial charge in [0.25, 0.3) is 0 Å². The maximum Gasteiger partial charge on any atom is 0.0384 e. The maximum atomic E-state index is 3.46. The Hall–Kier alpha value is -0.340. The van der Waals surface area contributed by atoms with Crippen LogP contribution in [0.15, 0.2) is 28.7 Å². The van der Waals surface area contributed by atoms with E-state index in [2.05, 4.69) is 59.4 Å². The van der Waals surface area contributed by atoms with E-state index in [0.717, 1.165) is 11.0 Å². The van der Waals surface area contributed by atoms with Crippen LogP contribution in [0, 0.1) is 5.41 Å². The van der Waals surface area contributed by atoms with Gasteiger partial charge in [0.2, 0.25) is 0 Å². The van der Waals surface area contributed by atoms with Gasteiger partial charge in [0.05, 0.1) is 0 Å². The van der Waals surface area contributed by atoms with Crippen molar-refractivity contribution in [2.45, 2.75) is 19.9 Å². The third kappa shape index (κ3) is 1.65. The topological polar surface area (TPSA) is 12.0 Å². The van der Waals surface area contributed by atoms with E-state index >= 15 is 0 Å². The lowest BCUT2D eigenvalue weighted by atomic mass is 9.74. The molecule has 1 saturated heterocycles. The van der Waals surface area contributed by atoms with E-state index in [1.54, 1.807) is 0 Å². The van der Waals surface area contributed by atoms with E-state index < -0.39 is 0 Å². The van der Waals surface area contributed by atoms with Crippen molar-refractivity contribution in [3.8, 4) is 0 Å². The Kier molecular flexibility index (Phi) is 2.20. The van der Waals surface area contributed by atoms with E-state index in [0.29, 0.717) is 11.5 Å². The predicted molar refractivity (Wildman–Crippen MR) is 58.7 cm³/mol. The van der Waals surface area contributed by atoms with Crippen LogP contribution in [0.4, 0.5) is 0 Å². The van der Waals surface area contributed by atoms with Gasteiger partial charge in [0, 0.05) is 17.1 Å². The largest absolute Gasteiger partial charge is 0.309 e. The van der Waals surface area contributed by atoms with Crippen molar-refractivity contribution in [3.05, 3.63) is 34.3 Å². The Morgan fingerprint density at radius 2 is 1.92 bits per heavy atom. The monoisotopic (exact) mass is 239 g/mol. The first-order chi connectivity index (χ1) is 6.09. The predicted octanol–water partition coefficient (Wildman–Crippen LogP) is 3.12. The molecule has 2 rings (SSSR count). The Morgan fingerprint density at radius 3 is 2.31 bits per heavy atom. The van der Waals surface area contributed by atoms with Crippen molar-refractivity contribution in [3.63, 3.8) is 0 Å². The van der Waals surface area contributed by atoms with Gasteiger partial charge in [-0.15, -0.1) is 0 Å². The zero-order chi connectivity index (χ0) is 9.47. The molecular formula is C11H14BrN. The number of nitrogens with one attached hydrogen (secondary N) is 1. The first-order valence-corrected chi connectivity index (χ1v) is 5.38. The van der Waals surface area contributed by atoms with Gasteiger partial charge < -0.3 is 5.32 Å². The first kappa shape index (κ1) is 9.22. The Labute approximate surface area is 87.7 Å². The second kappa shape index (κ2) is 3.10. The summed E-state index contributed by atoms with van der Waals surface area (Å²) in [5.74, 6) is 0. The summed E-state index contributed by atoms with van der Waals surface area (Å²) in [7, 11) is 0. The van der Waals surface area contributed by atoms with Crippen molar-refractivity contribution < 1.29 is 0 Å². The summed E-state index contributed by atoms with van der Waals surface area (Å²) in [6.07, 6.45) is 0. The van der Waals surface area contributed by atoms with Gasteiger partial charge in [0.15, 0.2) is 0 Å². The van der Waals surface area contributed by atoms with Gasteiger partial charge in [0.1, 0.15) is 0 Å². The fraction of sp³-hybridized carbons (Fsp3) is 0.455. The lowest BCUT2D eigenvalue weighted by molar-refractivity contribution is 0.128. The molecule has 0 radical (unpaired) electrons. The Morgan fingerprint density at radius 1 is 1.31 bits per heavy atom. The molecule has 1 aromatic rings. The average molecular weight is 240 g/mol. The van der Waals surface area contributed by atoms with Crippen molar-refractivity contribution >= 4 is 15.9 Å². The zero-order valence-corrected chi connectivity index (χ0v) is 9.56. The molecule has 1 aromatic carbocycles. The molecule has 0 aromatic heterocycles. The second-order valence-electron chi connectivity index (χ2n) is 4.35. The van der Waals surface area contributed by atoms with Crippen molar-refractivity contribution in [1.82, 2.24) is 5.32 Å². The van der Waals surface area contributed by atoms with E-state index in [1.165, 1.54) is 5.56 Å². The smallest absolute Gasteiger partial charge is 0.0384 e. The standard InChI is InChI=1S/C11H14BrN/c1-11(2)7-13-10(11)8-3-5-9(12)6-4-8/h3-6,10,13H,7H2,1-2H3. The molecule has 1 fully saturated rings. The summed E-state index contributed by atoms with van der Waals surface area (Å²) in [4.78, 5) is 0. The highest BCUT2D eigenvalue weighted by Gasteiger charge is 2.38. The SMILES string of the molecule is CC1(C)CNC1c1ccc(Br)cc1.